The zero-order valence-electron chi connectivity index (χ0n) is 10.8. The van der Waals surface area contributed by atoms with E-state index in [0.717, 1.165) is 11.8 Å². The fraction of sp³-hybridized carbons (Fsp3) is 0.643. The number of hydrogen-bond donors (Lipinski definition) is 1. The van der Waals surface area contributed by atoms with Crippen molar-refractivity contribution in [3.63, 3.8) is 0 Å². The molecule has 1 aliphatic heterocycles. The van der Waals surface area contributed by atoms with Crippen LogP contribution < -0.4 is 5.73 Å². The minimum atomic E-state index is 0.340. The number of hydrogen-bond acceptors (Lipinski definition) is 3. The Morgan fingerprint density at radius 1 is 1.53 bits per heavy atom. The topological polar surface area (TPSA) is 42.1 Å². The molecule has 94 valence electrons. The van der Waals surface area contributed by atoms with Gasteiger partial charge in [0.15, 0.2) is 0 Å². The van der Waals surface area contributed by atoms with E-state index in [-0.39, 0.29) is 0 Å². The highest BCUT2D eigenvalue weighted by molar-refractivity contribution is 5.15. The summed E-state index contributed by atoms with van der Waals surface area (Å²) in [6, 6.07) is 4.47. The molecule has 17 heavy (non-hydrogen) atoms. The van der Waals surface area contributed by atoms with E-state index >= 15 is 0 Å². The maximum atomic E-state index is 5.94. The molecule has 2 rings (SSSR count). The van der Waals surface area contributed by atoms with Gasteiger partial charge in [-0.1, -0.05) is 19.9 Å². The predicted octanol–water partition coefficient (Wildman–Crippen LogP) is 2.06. The third-order valence-electron chi connectivity index (χ3n) is 3.93. The molecule has 1 aromatic heterocycles. The van der Waals surface area contributed by atoms with Crippen LogP contribution in [0.1, 0.15) is 31.9 Å². The molecule has 2 unspecified atom stereocenters. The third kappa shape index (κ3) is 2.85. The normalized spacial score (nSPS) is 23.2. The minimum absolute atomic E-state index is 0.340. The molecule has 2 N–H and O–H groups in total. The van der Waals surface area contributed by atoms with Crippen molar-refractivity contribution in [2.24, 2.45) is 17.6 Å². The van der Waals surface area contributed by atoms with E-state index < -0.39 is 0 Å². The van der Waals surface area contributed by atoms with Crippen LogP contribution in [0.15, 0.2) is 24.5 Å². The lowest BCUT2D eigenvalue weighted by Crippen LogP contribution is -2.32. The Morgan fingerprint density at radius 2 is 2.35 bits per heavy atom. The Bertz CT molecular complexity index is 337. The van der Waals surface area contributed by atoms with Crippen LogP contribution in [0.25, 0.3) is 0 Å². The van der Waals surface area contributed by atoms with E-state index in [1.807, 2.05) is 18.5 Å². The summed E-state index contributed by atoms with van der Waals surface area (Å²) in [6.07, 6.45) is 5.06. The number of nitrogens with zero attached hydrogens (tertiary/aromatic N) is 2. The van der Waals surface area contributed by atoms with Gasteiger partial charge >= 0.3 is 0 Å². The van der Waals surface area contributed by atoms with Crippen molar-refractivity contribution in [2.75, 3.05) is 19.6 Å². The van der Waals surface area contributed by atoms with Gasteiger partial charge in [-0.25, -0.2) is 0 Å². The molecule has 0 aromatic carbocycles. The predicted molar refractivity (Wildman–Crippen MR) is 70.6 cm³/mol. The van der Waals surface area contributed by atoms with Gasteiger partial charge in [0.05, 0.1) is 0 Å². The molecule has 2 heterocycles. The van der Waals surface area contributed by atoms with Crippen molar-refractivity contribution in [2.45, 2.75) is 26.3 Å². The summed E-state index contributed by atoms with van der Waals surface area (Å²) in [5, 5.41) is 0. The van der Waals surface area contributed by atoms with Crippen molar-refractivity contribution >= 4 is 0 Å². The molecule has 1 aromatic rings. The van der Waals surface area contributed by atoms with Crippen molar-refractivity contribution in [3.05, 3.63) is 30.1 Å². The average Bonchev–Trinajstić information content (AvgIpc) is 2.81. The average molecular weight is 233 g/mol. The Hall–Kier alpha value is -0.930. The second kappa shape index (κ2) is 5.61. The van der Waals surface area contributed by atoms with Gasteiger partial charge in [-0.15, -0.1) is 0 Å². The number of nitrogens with two attached hydrogens (primary N) is 1. The fourth-order valence-electron chi connectivity index (χ4n) is 2.71. The molecule has 0 radical (unpaired) electrons. The first-order valence-electron chi connectivity index (χ1n) is 6.56. The summed E-state index contributed by atoms with van der Waals surface area (Å²) in [6.45, 7) is 7.65. The van der Waals surface area contributed by atoms with Gasteiger partial charge in [0.2, 0.25) is 0 Å². The summed E-state index contributed by atoms with van der Waals surface area (Å²) in [5.41, 5.74) is 7.19. The first kappa shape index (κ1) is 12.5. The van der Waals surface area contributed by atoms with Crippen LogP contribution in [0.3, 0.4) is 0 Å². The molecule has 0 bridgehead atoms. The molecule has 3 heteroatoms. The fourth-order valence-corrected chi connectivity index (χ4v) is 2.71. The van der Waals surface area contributed by atoms with Crippen LogP contribution in [0.2, 0.25) is 0 Å². The highest BCUT2D eigenvalue weighted by Gasteiger charge is 2.29. The Labute approximate surface area is 104 Å². The first-order chi connectivity index (χ1) is 8.22. The van der Waals surface area contributed by atoms with Gasteiger partial charge < -0.3 is 5.73 Å². The largest absolute Gasteiger partial charge is 0.329 e. The maximum Gasteiger partial charge on any atom is 0.0485 e. The highest BCUT2D eigenvalue weighted by Crippen LogP contribution is 2.30. The monoisotopic (exact) mass is 233 g/mol. The molecule has 0 amide bonds. The molecule has 1 aliphatic rings. The highest BCUT2D eigenvalue weighted by atomic mass is 15.2. The number of pyridine rings is 1. The van der Waals surface area contributed by atoms with Crippen LogP contribution in [-0.2, 0) is 0 Å². The Morgan fingerprint density at radius 3 is 2.88 bits per heavy atom. The minimum Gasteiger partial charge on any atom is -0.329 e. The van der Waals surface area contributed by atoms with Crippen LogP contribution in [0.5, 0.6) is 0 Å². The summed E-state index contributed by atoms with van der Waals surface area (Å²) in [7, 11) is 0. The van der Waals surface area contributed by atoms with Gasteiger partial charge in [-0.3, -0.25) is 9.88 Å². The van der Waals surface area contributed by atoms with Crippen molar-refractivity contribution in [1.82, 2.24) is 9.88 Å². The van der Waals surface area contributed by atoms with Crippen LogP contribution in [-0.4, -0.2) is 29.5 Å². The molecule has 1 fully saturated rings. The van der Waals surface area contributed by atoms with E-state index in [0.29, 0.717) is 12.6 Å². The quantitative estimate of drug-likeness (QED) is 0.865. The SMILES string of the molecule is CC(C)C1CCN(C(CN)c2cccnc2)C1. The first-order valence-corrected chi connectivity index (χ1v) is 6.56. The molecule has 0 spiro atoms. The number of aromatic nitrogens is 1. The van der Waals surface area contributed by atoms with E-state index in [2.05, 4.69) is 29.8 Å². The molecule has 0 saturated carbocycles. The summed E-state index contributed by atoms with van der Waals surface area (Å²) in [4.78, 5) is 6.71. The van der Waals surface area contributed by atoms with Crippen LogP contribution in [0, 0.1) is 11.8 Å². The summed E-state index contributed by atoms with van der Waals surface area (Å²) < 4.78 is 0. The number of rotatable bonds is 4. The lowest BCUT2D eigenvalue weighted by atomic mass is 9.95. The Balaban J connectivity index is 2.06. The maximum absolute atomic E-state index is 5.94. The van der Waals surface area contributed by atoms with E-state index in [1.165, 1.54) is 25.1 Å². The third-order valence-corrected chi connectivity index (χ3v) is 3.93. The summed E-state index contributed by atoms with van der Waals surface area (Å²) >= 11 is 0. The van der Waals surface area contributed by atoms with Crippen LogP contribution >= 0.6 is 0 Å². The Kier molecular flexibility index (Phi) is 4.13. The smallest absolute Gasteiger partial charge is 0.0485 e. The van der Waals surface area contributed by atoms with Gasteiger partial charge in [0.1, 0.15) is 0 Å². The van der Waals surface area contributed by atoms with Gasteiger partial charge in [-0.2, -0.15) is 0 Å². The second-order valence-electron chi connectivity index (χ2n) is 5.33. The lowest BCUT2D eigenvalue weighted by Gasteiger charge is -2.27. The lowest BCUT2D eigenvalue weighted by molar-refractivity contribution is 0.231. The van der Waals surface area contributed by atoms with Gasteiger partial charge in [0, 0.05) is 31.5 Å². The van der Waals surface area contributed by atoms with E-state index in [4.69, 9.17) is 5.73 Å². The molecular weight excluding hydrogens is 210 g/mol. The summed E-state index contributed by atoms with van der Waals surface area (Å²) in [5.74, 6) is 1.59. The standard InChI is InChI=1S/C14H23N3/c1-11(2)13-5-7-17(10-13)14(8-15)12-4-3-6-16-9-12/h3-4,6,9,11,13-14H,5,7-8,10,15H2,1-2H3. The van der Waals surface area contributed by atoms with Crippen molar-refractivity contribution in [1.29, 1.82) is 0 Å². The second-order valence-corrected chi connectivity index (χ2v) is 5.33. The molecular formula is C14H23N3. The van der Waals surface area contributed by atoms with E-state index in [1.54, 1.807) is 0 Å². The van der Waals surface area contributed by atoms with Crippen molar-refractivity contribution in [3.8, 4) is 0 Å². The zero-order chi connectivity index (χ0) is 12.3. The van der Waals surface area contributed by atoms with E-state index in [9.17, 15) is 0 Å². The van der Waals surface area contributed by atoms with Crippen LogP contribution in [0.4, 0.5) is 0 Å². The van der Waals surface area contributed by atoms with Crippen molar-refractivity contribution < 1.29 is 0 Å². The molecule has 3 nitrogen and oxygen atoms in total. The van der Waals surface area contributed by atoms with Gasteiger partial charge in [-0.05, 0) is 36.4 Å². The zero-order valence-corrected chi connectivity index (χ0v) is 10.8. The molecule has 2 atom stereocenters. The number of likely N-dealkylation sites (tertiary alicyclic amines) is 1. The molecule has 0 aliphatic carbocycles. The van der Waals surface area contributed by atoms with Gasteiger partial charge in [0.25, 0.3) is 0 Å². The molecule has 1 saturated heterocycles.